The lowest BCUT2D eigenvalue weighted by atomic mass is 10.1. The molecule has 0 rings (SSSR count). The second kappa shape index (κ2) is 7.65. The van der Waals surface area contributed by atoms with Crippen LogP contribution in [0.5, 0.6) is 0 Å². The van der Waals surface area contributed by atoms with Gasteiger partial charge in [0.1, 0.15) is 12.6 Å². The lowest BCUT2D eigenvalue weighted by Crippen LogP contribution is -2.34. The van der Waals surface area contributed by atoms with Crippen LogP contribution < -0.4 is 5.73 Å². The van der Waals surface area contributed by atoms with Gasteiger partial charge in [0.2, 0.25) is 0 Å². The van der Waals surface area contributed by atoms with E-state index in [2.05, 4.69) is 0 Å². The fraction of sp³-hybridized carbons (Fsp3) is 0.909. The minimum Gasteiger partial charge on any atom is -0.462 e. The first kappa shape index (κ1) is 14.4. The molecule has 0 fully saturated rings. The summed E-state index contributed by atoms with van der Waals surface area (Å²) in [4.78, 5) is 11.3. The topological polar surface area (TPSA) is 61.6 Å². The smallest absolute Gasteiger partial charge is 0.322 e. The van der Waals surface area contributed by atoms with E-state index in [1.54, 1.807) is 0 Å². The second-order valence-electron chi connectivity index (χ2n) is 4.32. The molecule has 0 heterocycles. The van der Waals surface area contributed by atoms with Gasteiger partial charge in [-0.15, -0.1) is 0 Å². The fourth-order valence-corrected chi connectivity index (χ4v) is 1.14. The van der Waals surface area contributed by atoms with Gasteiger partial charge in [-0.1, -0.05) is 13.8 Å². The van der Waals surface area contributed by atoms with E-state index in [9.17, 15) is 4.79 Å². The molecule has 0 aromatic rings. The van der Waals surface area contributed by atoms with Gasteiger partial charge >= 0.3 is 5.97 Å². The van der Waals surface area contributed by atoms with Crippen molar-refractivity contribution in [2.45, 2.75) is 46.3 Å². The Morgan fingerprint density at radius 3 is 2.27 bits per heavy atom. The van der Waals surface area contributed by atoms with Crippen molar-refractivity contribution in [1.82, 2.24) is 0 Å². The quantitative estimate of drug-likeness (QED) is 0.516. The summed E-state index contributed by atoms with van der Waals surface area (Å²) >= 11 is 0. The summed E-state index contributed by atoms with van der Waals surface area (Å²) in [6.45, 7) is 8.63. The van der Waals surface area contributed by atoms with Crippen molar-refractivity contribution in [2.75, 3.05) is 13.2 Å². The average molecular weight is 217 g/mol. The molecule has 90 valence electrons. The van der Waals surface area contributed by atoms with Gasteiger partial charge in [0, 0.05) is 0 Å². The maximum Gasteiger partial charge on any atom is 0.322 e. The maximum atomic E-state index is 11.3. The Hall–Kier alpha value is -0.610. The maximum absolute atomic E-state index is 11.3. The van der Waals surface area contributed by atoms with Crippen molar-refractivity contribution < 1.29 is 14.3 Å². The molecule has 0 saturated heterocycles. The summed E-state index contributed by atoms with van der Waals surface area (Å²) in [7, 11) is 0. The highest BCUT2D eigenvalue weighted by Crippen LogP contribution is 2.03. The molecule has 15 heavy (non-hydrogen) atoms. The summed E-state index contributed by atoms with van der Waals surface area (Å²) in [6, 6.07) is -0.510. The first-order valence-corrected chi connectivity index (χ1v) is 5.47. The van der Waals surface area contributed by atoms with Crippen molar-refractivity contribution in [3.63, 3.8) is 0 Å². The fourth-order valence-electron chi connectivity index (χ4n) is 1.14. The van der Waals surface area contributed by atoms with Crippen LogP contribution >= 0.6 is 0 Å². The molecule has 1 atom stereocenters. The minimum atomic E-state index is -0.510. The van der Waals surface area contributed by atoms with Crippen LogP contribution in [0.2, 0.25) is 0 Å². The van der Waals surface area contributed by atoms with Gasteiger partial charge in [-0.2, -0.15) is 0 Å². The average Bonchev–Trinajstić information content (AvgIpc) is 2.10. The lowest BCUT2D eigenvalue weighted by molar-refractivity contribution is -0.147. The number of carbonyl (C=O) groups is 1. The number of rotatable bonds is 7. The molecule has 4 heteroatoms. The molecule has 0 amide bonds. The van der Waals surface area contributed by atoms with E-state index < -0.39 is 6.04 Å². The van der Waals surface area contributed by atoms with Gasteiger partial charge in [-0.25, -0.2) is 0 Å². The number of nitrogens with two attached hydrogens (primary N) is 1. The number of esters is 1. The number of ether oxygens (including phenoxy) is 2. The zero-order valence-electron chi connectivity index (χ0n) is 10.2. The van der Waals surface area contributed by atoms with Crippen LogP contribution in [0.1, 0.15) is 34.1 Å². The van der Waals surface area contributed by atoms with Crippen LogP contribution in [-0.2, 0) is 14.3 Å². The first-order chi connectivity index (χ1) is 6.93. The molecule has 0 saturated carbocycles. The zero-order chi connectivity index (χ0) is 11.8. The molecule has 0 radical (unpaired) electrons. The second-order valence-corrected chi connectivity index (χ2v) is 4.32. The van der Waals surface area contributed by atoms with Crippen molar-refractivity contribution >= 4 is 5.97 Å². The van der Waals surface area contributed by atoms with Gasteiger partial charge in [0.25, 0.3) is 0 Å². The predicted molar refractivity (Wildman–Crippen MR) is 59.5 cm³/mol. The van der Waals surface area contributed by atoms with E-state index in [0.29, 0.717) is 18.9 Å². The highest BCUT2D eigenvalue weighted by Gasteiger charge is 2.15. The molecular formula is C11H23NO3. The summed E-state index contributed by atoms with van der Waals surface area (Å²) in [6.07, 6.45) is 0.817. The van der Waals surface area contributed by atoms with Gasteiger partial charge in [-0.05, 0) is 26.2 Å². The third-order valence-electron chi connectivity index (χ3n) is 1.81. The molecule has 0 aliphatic rings. The van der Waals surface area contributed by atoms with Crippen molar-refractivity contribution in [3.8, 4) is 0 Å². The zero-order valence-corrected chi connectivity index (χ0v) is 10.2. The van der Waals surface area contributed by atoms with Crippen molar-refractivity contribution in [1.29, 1.82) is 0 Å². The Balaban J connectivity index is 3.56. The Bertz CT molecular complexity index is 181. The van der Waals surface area contributed by atoms with E-state index in [-0.39, 0.29) is 18.7 Å². The highest BCUT2D eigenvalue weighted by molar-refractivity contribution is 5.75. The van der Waals surface area contributed by atoms with Crippen molar-refractivity contribution in [2.24, 2.45) is 11.7 Å². The van der Waals surface area contributed by atoms with E-state index in [4.69, 9.17) is 15.2 Å². The Morgan fingerprint density at radius 1 is 1.20 bits per heavy atom. The molecule has 0 bridgehead atoms. The largest absolute Gasteiger partial charge is 0.462 e. The van der Waals surface area contributed by atoms with E-state index in [0.717, 1.165) is 0 Å². The van der Waals surface area contributed by atoms with Crippen LogP contribution in [0.15, 0.2) is 0 Å². The number of hydrogen-bond donors (Lipinski definition) is 1. The normalized spacial score (nSPS) is 13.3. The van der Waals surface area contributed by atoms with E-state index in [1.807, 2.05) is 27.7 Å². The molecule has 0 spiro atoms. The van der Waals surface area contributed by atoms with Crippen LogP contribution in [0.25, 0.3) is 0 Å². The summed E-state index contributed by atoms with van der Waals surface area (Å²) in [5.74, 6) is 0.0653. The standard InChI is InChI=1S/C11H23NO3/c1-8(2)7-10(12)11(13)15-6-5-14-9(3)4/h8-10H,5-7,12H2,1-4H3/t10-/m0/s1. The molecule has 0 aliphatic heterocycles. The minimum absolute atomic E-state index is 0.160. The van der Waals surface area contributed by atoms with E-state index in [1.165, 1.54) is 0 Å². The first-order valence-electron chi connectivity index (χ1n) is 5.47. The molecular weight excluding hydrogens is 194 g/mol. The molecule has 0 aromatic heterocycles. The molecule has 0 aromatic carbocycles. The third-order valence-corrected chi connectivity index (χ3v) is 1.81. The van der Waals surface area contributed by atoms with Crippen LogP contribution in [0.3, 0.4) is 0 Å². The van der Waals surface area contributed by atoms with Gasteiger partial charge in [-0.3, -0.25) is 4.79 Å². The Morgan fingerprint density at radius 2 is 1.80 bits per heavy atom. The third kappa shape index (κ3) is 8.39. The van der Waals surface area contributed by atoms with Gasteiger partial charge in [0.05, 0.1) is 12.7 Å². The SMILES string of the molecule is CC(C)C[C@H](N)C(=O)OCCOC(C)C. The van der Waals surface area contributed by atoms with E-state index >= 15 is 0 Å². The number of carbonyl (C=O) groups excluding carboxylic acids is 1. The van der Waals surface area contributed by atoms with Crippen LogP contribution in [-0.4, -0.2) is 31.3 Å². The Labute approximate surface area is 92.1 Å². The molecule has 0 aliphatic carbocycles. The summed E-state index contributed by atoms with van der Waals surface area (Å²) in [5, 5.41) is 0. The lowest BCUT2D eigenvalue weighted by Gasteiger charge is -2.13. The number of hydrogen-bond acceptors (Lipinski definition) is 4. The van der Waals surface area contributed by atoms with Gasteiger partial charge < -0.3 is 15.2 Å². The molecule has 4 nitrogen and oxygen atoms in total. The molecule has 0 unspecified atom stereocenters. The highest BCUT2D eigenvalue weighted by atomic mass is 16.6. The van der Waals surface area contributed by atoms with Gasteiger partial charge in [0.15, 0.2) is 0 Å². The Kier molecular flexibility index (Phi) is 7.34. The van der Waals surface area contributed by atoms with Crippen molar-refractivity contribution in [3.05, 3.63) is 0 Å². The summed E-state index contributed by atoms with van der Waals surface area (Å²) < 4.78 is 10.2. The van der Waals surface area contributed by atoms with Crippen LogP contribution in [0.4, 0.5) is 0 Å². The molecule has 2 N–H and O–H groups in total. The van der Waals surface area contributed by atoms with Crippen LogP contribution in [0, 0.1) is 5.92 Å². The predicted octanol–water partition coefficient (Wildman–Crippen LogP) is 1.33. The monoisotopic (exact) mass is 217 g/mol. The summed E-state index contributed by atoms with van der Waals surface area (Å²) in [5.41, 5.74) is 5.64.